The maximum absolute atomic E-state index is 13.1. The molecule has 0 fully saturated rings. The highest BCUT2D eigenvalue weighted by molar-refractivity contribution is 7.49. The molecule has 0 spiro atoms. The number of phosphoric ester groups is 1. The van der Waals surface area contributed by atoms with Crippen LogP contribution in [-0.2, 0) is 18.7 Å². The Morgan fingerprint density at radius 2 is 1.16 bits per heavy atom. The largest absolute Gasteiger partial charge is 0.647 e. The molecule has 2 aromatic carbocycles. The van der Waals surface area contributed by atoms with Crippen LogP contribution in [0.25, 0.3) is 0 Å². The first-order valence-corrected chi connectivity index (χ1v) is 8.77. The van der Waals surface area contributed by atoms with Gasteiger partial charge in [-0.05, 0) is 36.4 Å². The summed E-state index contributed by atoms with van der Waals surface area (Å²) in [5.41, 5.74) is 0. The molecule has 0 amide bonds. The summed E-state index contributed by atoms with van der Waals surface area (Å²) >= 11 is 0. The first-order valence-electron chi connectivity index (χ1n) is 7.31. The molecular formula is C18H13O6P. The molecule has 0 saturated carbocycles. The van der Waals surface area contributed by atoms with Crippen LogP contribution in [0.15, 0.2) is 84.7 Å². The van der Waals surface area contributed by atoms with Crippen molar-refractivity contribution in [2.75, 3.05) is 0 Å². The summed E-state index contributed by atoms with van der Waals surface area (Å²) in [6.45, 7) is 0. The van der Waals surface area contributed by atoms with Crippen molar-refractivity contribution in [2.24, 2.45) is 0 Å². The van der Waals surface area contributed by atoms with E-state index >= 15 is 0 Å². The van der Waals surface area contributed by atoms with Gasteiger partial charge in [-0.2, -0.15) is 4.57 Å². The van der Waals surface area contributed by atoms with Crippen LogP contribution in [-0.4, -0.2) is 11.6 Å². The molecule has 0 heterocycles. The lowest BCUT2D eigenvalue weighted by Gasteiger charge is -2.20. The smallest absolute Gasteiger partial charge is 0.386 e. The van der Waals surface area contributed by atoms with E-state index in [0.29, 0.717) is 0 Å². The van der Waals surface area contributed by atoms with Crippen molar-refractivity contribution in [2.45, 2.75) is 0 Å². The number of para-hydroxylation sites is 2. The van der Waals surface area contributed by atoms with Gasteiger partial charge in [-0.25, -0.2) is 0 Å². The van der Waals surface area contributed by atoms with Crippen LogP contribution in [0.4, 0.5) is 0 Å². The van der Waals surface area contributed by atoms with E-state index in [1.807, 2.05) is 0 Å². The van der Waals surface area contributed by atoms with Crippen LogP contribution >= 0.6 is 7.82 Å². The van der Waals surface area contributed by atoms with Gasteiger partial charge >= 0.3 is 7.82 Å². The minimum atomic E-state index is -4.16. The number of allylic oxidation sites excluding steroid dienone is 3. The number of hydrogen-bond acceptors (Lipinski definition) is 6. The number of carbonyl (C=O) groups excluding carboxylic acids is 2. The van der Waals surface area contributed by atoms with Crippen molar-refractivity contribution in [3.63, 3.8) is 0 Å². The lowest BCUT2D eigenvalue weighted by atomic mass is 10.1. The number of ketones is 2. The van der Waals surface area contributed by atoms with Crippen molar-refractivity contribution in [1.82, 2.24) is 0 Å². The van der Waals surface area contributed by atoms with E-state index < -0.39 is 19.4 Å². The fraction of sp³-hybridized carbons (Fsp3) is 0. The Balaban J connectivity index is 1.87. The van der Waals surface area contributed by atoms with Gasteiger partial charge < -0.3 is 13.6 Å². The zero-order valence-corrected chi connectivity index (χ0v) is 13.8. The Morgan fingerprint density at radius 3 is 1.64 bits per heavy atom. The third-order valence-corrected chi connectivity index (χ3v) is 4.36. The molecule has 0 bridgehead atoms. The van der Waals surface area contributed by atoms with Gasteiger partial charge in [0.15, 0.2) is 0 Å². The molecule has 7 heteroatoms. The van der Waals surface area contributed by atoms with E-state index in [9.17, 15) is 14.2 Å². The minimum absolute atomic E-state index is 0.0835. The van der Waals surface area contributed by atoms with Crippen molar-refractivity contribution in [1.29, 1.82) is 0 Å². The fourth-order valence-corrected chi connectivity index (χ4v) is 3.19. The zero-order chi connectivity index (χ0) is 17.7. The molecule has 0 radical (unpaired) electrons. The van der Waals surface area contributed by atoms with Crippen molar-refractivity contribution in [3.8, 4) is 11.5 Å². The summed E-state index contributed by atoms with van der Waals surface area (Å²) in [7, 11) is -4.16. The van der Waals surface area contributed by atoms with E-state index in [0.717, 1.165) is 12.2 Å². The van der Waals surface area contributed by atoms with E-state index in [2.05, 4.69) is 0 Å². The van der Waals surface area contributed by atoms with Gasteiger partial charge in [0, 0.05) is 6.08 Å². The predicted octanol–water partition coefficient (Wildman–Crippen LogP) is 3.86. The summed E-state index contributed by atoms with van der Waals surface area (Å²) < 4.78 is 29.2. The highest BCUT2D eigenvalue weighted by Gasteiger charge is 2.34. The number of rotatable bonds is 6. The molecule has 2 aromatic rings. The topological polar surface area (TPSA) is 78.9 Å². The van der Waals surface area contributed by atoms with Gasteiger partial charge in [0.1, 0.15) is 17.3 Å². The minimum Gasteiger partial charge on any atom is -0.386 e. The molecule has 126 valence electrons. The van der Waals surface area contributed by atoms with Crippen LogP contribution in [0, 0.1) is 0 Å². The summed E-state index contributed by atoms with van der Waals surface area (Å²) in [6, 6.07) is 16.7. The average molecular weight is 356 g/mol. The molecular weight excluding hydrogens is 343 g/mol. The molecule has 0 aliphatic heterocycles. The van der Waals surface area contributed by atoms with Crippen molar-refractivity contribution in [3.05, 3.63) is 84.7 Å². The standard InChI is InChI=1S/C18H13O6P/c19-17-12-11-16(13-18(17)20)24-25(21,22-14-7-3-1-4-8-14)23-15-9-5-2-6-10-15/h1-13H. The lowest BCUT2D eigenvalue weighted by Crippen LogP contribution is -2.13. The molecule has 0 atom stereocenters. The first-order chi connectivity index (χ1) is 12.0. The molecule has 0 aromatic heterocycles. The van der Waals surface area contributed by atoms with Crippen molar-refractivity contribution >= 4 is 19.4 Å². The average Bonchev–Trinajstić information content (AvgIpc) is 2.60. The second kappa shape index (κ2) is 7.20. The summed E-state index contributed by atoms with van der Waals surface area (Å²) in [5.74, 6) is -1.01. The Morgan fingerprint density at radius 1 is 0.640 bits per heavy atom. The summed E-state index contributed by atoms with van der Waals surface area (Å²) in [6.07, 6.45) is 3.21. The second-order valence-corrected chi connectivity index (χ2v) is 6.40. The van der Waals surface area contributed by atoms with Gasteiger partial charge in [0.2, 0.25) is 11.6 Å². The number of phosphoric acid groups is 1. The normalized spacial score (nSPS) is 14.0. The van der Waals surface area contributed by atoms with E-state index in [1.165, 1.54) is 6.08 Å². The molecule has 6 nitrogen and oxygen atoms in total. The lowest BCUT2D eigenvalue weighted by molar-refractivity contribution is -0.131. The Kier molecular flexibility index (Phi) is 4.82. The SMILES string of the molecule is O=C1C=CC(OP(=O)(Oc2ccccc2)Oc2ccccc2)=CC1=O. The van der Waals surface area contributed by atoms with Crippen LogP contribution < -0.4 is 9.05 Å². The third kappa shape index (κ3) is 4.46. The Labute approximate surface area is 144 Å². The van der Waals surface area contributed by atoms with Gasteiger partial charge in [-0.1, -0.05) is 36.4 Å². The first kappa shape index (κ1) is 16.7. The van der Waals surface area contributed by atoms with Crippen LogP contribution in [0.1, 0.15) is 0 Å². The monoisotopic (exact) mass is 356 g/mol. The fourth-order valence-electron chi connectivity index (χ4n) is 1.95. The van der Waals surface area contributed by atoms with E-state index in [-0.39, 0.29) is 17.3 Å². The highest BCUT2D eigenvalue weighted by Crippen LogP contribution is 2.51. The Hall–Kier alpha value is -3.11. The van der Waals surface area contributed by atoms with Crippen LogP contribution in [0.2, 0.25) is 0 Å². The zero-order valence-electron chi connectivity index (χ0n) is 12.9. The quantitative estimate of drug-likeness (QED) is 0.444. The molecule has 0 N–H and O–H groups in total. The molecule has 1 aliphatic carbocycles. The number of hydrogen-bond donors (Lipinski definition) is 0. The maximum Gasteiger partial charge on any atom is 0.647 e. The summed E-state index contributed by atoms with van der Waals surface area (Å²) in [5, 5.41) is 0. The molecule has 25 heavy (non-hydrogen) atoms. The van der Waals surface area contributed by atoms with Crippen LogP contribution in [0.5, 0.6) is 11.5 Å². The van der Waals surface area contributed by atoms with Gasteiger partial charge in [0.25, 0.3) is 0 Å². The number of benzene rings is 2. The molecule has 0 saturated heterocycles. The Bertz CT molecular complexity index is 841. The molecule has 3 rings (SSSR count). The number of carbonyl (C=O) groups is 2. The summed E-state index contributed by atoms with van der Waals surface area (Å²) in [4.78, 5) is 22.7. The van der Waals surface area contributed by atoms with E-state index in [4.69, 9.17) is 13.6 Å². The van der Waals surface area contributed by atoms with Gasteiger partial charge in [-0.3, -0.25) is 9.59 Å². The molecule has 0 unspecified atom stereocenters. The van der Waals surface area contributed by atoms with Crippen LogP contribution in [0.3, 0.4) is 0 Å². The van der Waals surface area contributed by atoms with E-state index in [1.54, 1.807) is 60.7 Å². The predicted molar refractivity (Wildman–Crippen MR) is 90.1 cm³/mol. The maximum atomic E-state index is 13.1. The molecule has 1 aliphatic rings. The van der Waals surface area contributed by atoms with Gasteiger partial charge in [0.05, 0.1) is 0 Å². The third-order valence-electron chi connectivity index (χ3n) is 3.05. The second-order valence-electron chi connectivity index (χ2n) is 4.96. The van der Waals surface area contributed by atoms with Gasteiger partial charge in [-0.15, -0.1) is 0 Å². The van der Waals surface area contributed by atoms with Crippen molar-refractivity contribution < 1.29 is 27.7 Å². The highest BCUT2D eigenvalue weighted by atomic mass is 31.2.